The fraction of sp³-hybridized carbons (Fsp3) is 0.956. The van der Waals surface area contributed by atoms with Crippen LogP contribution in [0.1, 0.15) is 496 Å². The maximum atomic E-state index is 13.2. The largest absolute Gasteiger partial charge is 0.472 e. The number of hydrogen-bond donors (Lipinski definition) is 3. The van der Waals surface area contributed by atoms with Crippen molar-refractivity contribution < 1.29 is 80.2 Å². The minimum absolute atomic E-state index is 0.109. The highest BCUT2D eigenvalue weighted by atomic mass is 31.2. The Morgan fingerprint density at radius 2 is 0.367 bits per heavy atom. The van der Waals surface area contributed by atoms with Gasteiger partial charge in [-0.15, -0.1) is 0 Å². The van der Waals surface area contributed by atoms with Crippen LogP contribution in [0.4, 0.5) is 0 Å². The number of aliphatic hydroxyl groups excluding tert-OH is 1. The van der Waals surface area contributed by atoms with Crippen LogP contribution in [-0.4, -0.2) is 96.7 Å². The summed E-state index contributed by atoms with van der Waals surface area (Å²) < 4.78 is 69.0. The standard InChI is InChI=1S/C90H176O17P2/c1-5-9-13-17-21-25-28-31-34-37-40-42-44-47-49-52-55-59-63-67-71-75-88(93)101-81-86(107-90(95)77-73-69-65-61-57-54-51-48-45-43-41-38-35-32-29-26-22-18-14-10-6-2)83-105-109(98,99)103-79-84(91)78-102-108(96,97)104-82-85(80-100-87(92)74-70-66-62-58-24-20-16-12-8-4)106-89(94)76-72-68-64-60-56-53-50-46-39-36-33-30-27-23-19-15-11-7-3/h84-86,91H,5-83H2,1-4H3,(H,96,97)(H,98,99)/t84-,85+,86+/m0/s1. The smallest absolute Gasteiger partial charge is 0.462 e. The molecule has 0 bridgehead atoms. The number of phosphoric acid groups is 2. The first-order valence-electron chi connectivity index (χ1n) is 46.8. The van der Waals surface area contributed by atoms with Crippen LogP contribution in [0, 0.1) is 0 Å². The summed E-state index contributed by atoms with van der Waals surface area (Å²) in [5.41, 5.74) is 0. The first kappa shape index (κ1) is 107. The molecule has 0 radical (unpaired) electrons. The number of rotatable bonds is 91. The number of aliphatic hydroxyl groups is 1. The Morgan fingerprint density at radius 1 is 0.220 bits per heavy atom. The lowest BCUT2D eigenvalue weighted by molar-refractivity contribution is -0.161. The number of ether oxygens (including phenoxy) is 4. The molecule has 0 amide bonds. The topological polar surface area (TPSA) is 237 Å². The third-order valence-electron chi connectivity index (χ3n) is 21.4. The number of esters is 4. The molecule has 0 heterocycles. The van der Waals surface area contributed by atoms with Gasteiger partial charge in [-0.1, -0.05) is 445 Å². The molecule has 0 aliphatic carbocycles. The summed E-state index contributed by atoms with van der Waals surface area (Å²) in [5.74, 6) is -2.10. The van der Waals surface area contributed by atoms with Crippen LogP contribution < -0.4 is 0 Å². The van der Waals surface area contributed by atoms with Crippen LogP contribution in [0.15, 0.2) is 0 Å². The van der Waals surface area contributed by atoms with Gasteiger partial charge >= 0.3 is 39.5 Å². The molecule has 17 nitrogen and oxygen atoms in total. The molecule has 0 spiro atoms. The first-order chi connectivity index (χ1) is 53.2. The van der Waals surface area contributed by atoms with E-state index in [1.165, 1.54) is 327 Å². The van der Waals surface area contributed by atoms with Crippen molar-refractivity contribution in [3.8, 4) is 0 Å². The van der Waals surface area contributed by atoms with Crippen LogP contribution in [0.3, 0.4) is 0 Å². The van der Waals surface area contributed by atoms with Gasteiger partial charge in [0.1, 0.15) is 19.3 Å². The highest BCUT2D eigenvalue weighted by Gasteiger charge is 2.30. The molecule has 5 atom stereocenters. The quantitative estimate of drug-likeness (QED) is 0.0222. The van der Waals surface area contributed by atoms with E-state index in [-0.39, 0.29) is 25.7 Å². The van der Waals surface area contributed by atoms with E-state index in [9.17, 15) is 43.2 Å². The van der Waals surface area contributed by atoms with Gasteiger partial charge in [-0.2, -0.15) is 0 Å². The molecular formula is C90H176O17P2. The van der Waals surface area contributed by atoms with Crippen LogP contribution in [-0.2, 0) is 65.4 Å². The second-order valence-electron chi connectivity index (χ2n) is 32.3. The molecule has 648 valence electrons. The molecule has 109 heavy (non-hydrogen) atoms. The van der Waals surface area contributed by atoms with Crippen molar-refractivity contribution in [3.05, 3.63) is 0 Å². The summed E-state index contributed by atoms with van der Waals surface area (Å²) in [5, 5.41) is 10.7. The van der Waals surface area contributed by atoms with Crippen molar-refractivity contribution in [2.45, 2.75) is 515 Å². The van der Waals surface area contributed by atoms with E-state index in [0.29, 0.717) is 25.7 Å². The highest BCUT2D eigenvalue weighted by Crippen LogP contribution is 2.45. The van der Waals surface area contributed by atoms with Crippen LogP contribution >= 0.6 is 15.6 Å². The molecule has 0 aromatic carbocycles. The SMILES string of the molecule is CCCCCCCCCCCCCCCCCCCCCCCC(=O)OC[C@H](COP(=O)(O)OC[C@@H](O)COP(=O)(O)OC[C@@H](COC(=O)CCCCCCCCCCC)OC(=O)CCCCCCCCCCCCCCCCCCCC)OC(=O)CCCCCCCCCCCCCCCCCCCCCCC. The Balaban J connectivity index is 5.19. The van der Waals surface area contributed by atoms with E-state index < -0.39 is 97.5 Å². The third-order valence-corrected chi connectivity index (χ3v) is 23.3. The maximum absolute atomic E-state index is 13.2. The highest BCUT2D eigenvalue weighted by molar-refractivity contribution is 7.47. The van der Waals surface area contributed by atoms with Crippen molar-refractivity contribution in [1.29, 1.82) is 0 Å². The number of unbranched alkanes of at least 4 members (excludes halogenated alkanes) is 65. The third kappa shape index (κ3) is 83.8. The Morgan fingerprint density at radius 3 is 0.541 bits per heavy atom. The average molecular weight is 1590 g/mol. The van der Waals surface area contributed by atoms with Crippen molar-refractivity contribution in [2.75, 3.05) is 39.6 Å². The van der Waals surface area contributed by atoms with Crippen molar-refractivity contribution in [3.63, 3.8) is 0 Å². The second kappa shape index (κ2) is 84.0. The fourth-order valence-corrected chi connectivity index (χ4v) is 15.8. The lowest BCUT2D eigenvalue weighted by Crippen LogP contribution is -2.30. The maximum Gasteiger partial charge on any atom is 0.472 e. The predicted octanol–water partition coefficient (Wildman–Crippen LogP) is 28.1. The van der Waals surface area contributed by atoms with Crippen molar-refractivity contribution in [1.82, 2.24) is 0 Å². The number of phosphoric ester groups is 2. The predicted molar refractivity (Wildman–Crippen MR) is 451 cm³/mol. The van der Waals surface area contributed by atoms with Crippen molar-refractivity contribution in [2.24, 2.45) is 0 Å². The van der Waals surface area contributed by atoms with Gasteiger partial charge in [0.15, 0.2) is 12.2 Å². The molecule has 0 aliphatic heterocycles. The molecule has 0 aliphatic rings. The van der Waals surface area contributed by atoms with Crippen LogP contribution in [0.25, 0.3) is 0 Å². The van der Waals surface area contributed by atoms with Gasteiger partial charge in [0, 0.05) is 25.7 Å². The Labute approximate surface area is 670 Å². The van der Waals surface area contributed by atoms with Gasteiger partial charge in [-0.3, -0.25) is 37.3 Å². The molecule has 2 unspecified atom stereocenters. The van der Waals surface area contributed by atoms with E-state index in [1.807, 2.05) is 0 Å². The summed E-state index contributed by atoms with van der Waals surface area (Å²) in [6.07, 6.45) is 80.8. The molecule has 0 saturated heterocycles. The molecule has 0 aromatic heterocycles. The van der Waals surface area contributed by atoms with E-state index in [2.05, 4.69) is 27.7 Å². The summed E-state index contributed by atoms with van der Waals surface area (Å²) >= 11 is 0. The summed E-state index contributed by atoms with van der Waals surface area (Å²) in [6.45, 7) is 5.06. The molecule has 0 rings (SSSR count). The van der Waals surface area contributed by atoms with E-state index >= 15 is 0 Å². The normalized spacial score (nSPS) is 13.6. The summed E-state index contributed by atoms with van der Waals surface area (Å²) in [6, 6.07) is 0. The van der Waals surface area contributed by atoms with Gasteiger partial charge in [0.25, 0.3) is 0 Å². The van der Waals surface area contributed by atoms with Crippen LogP contribution in [0.5, 0.6) is 0 Å². The summed E-state index contributed by atoms with van der Waals surface area (Å²) in [7, 11) is -9.93. The molecule has 0 aromatic rings. The average Bonchev–Trinajstić information content (AvgIpc) is 0.902. The monoisotopic (exact) mass is 1590 g/mol. The second-order valence-corrected chi connectivity index (χ2v) is 35.3. The Hall–Kier alpha value is -1.94. The van der Waals surface area contributed by atoms with Gasteiger partial charge in [0.2, 0.25) is 0 Å². The number of carbonyl (C=O) groups is 4. The molecule has 0 fully saturated rings. The van der Waals surface area contributed by atoms with Gasteiger partial charge < -0.3 is 33.8 Å². The van der Waals surface area contributed by atoms with Gasteiger partial charge in [-0.05, 0) is 25.7 Å². The van der Waals surface area contributed by atoms with E-state index in [1.54, 1.807) is 0 Å². The molecule has 0 saturated carbocycles. The molecule has 3 N–H and O–H groups in total. The molecular weight excluding hydrogens is 1410 g/mol. The summed E-state index contributed by atoms with van der Waals surface area (Å²) in [4.78, 5) is 73.3. The van der Waals surface area contributed by atoms with Crippen LogP contribution in [0.2, 0.25) is 0 Å². The fourth-order valence-electron chi connectivity index (χ4n) is 14.2. The number of carbonyl (C=O) groups excluding carboxylic acids is 4. The zero-order chi connectivity index (χ0) is 79.6. The van der Waals surface area contributed by atoms with E-state index in [0.717, 1.165) is 89.9 Å². The lowest BCUT2D eigenvalue weighted by atomic mass is 10.0. The number of hydrogen-bond acceptors (Lipinski definition) is 15. The Bertz CT molecular complexity index is 2050. The Kier molecular flexibility index (Phi) is 82.5. The van der Waals surface area contributed by atoms with Crippen molar-refractivity contribution >= 4 is 39.5 Å². The van der Waals surface area contributed by atoms with E-state index in [4.69, 9.17) is 37.0 Å². The minimum atomic E-state index is -4.97. The minimum Gasteiger partial charge on any atom is -0.462 e. The lowest BCUT2D eigenvalue weighted by Gasteiger charge is -2.21. The molecule has 19 heteroatoms. The van der Waals surface area contributed by atoms with Gasteiger partial charge in [-0.25, -0.2) is 9.13 Å². The zero-order valence-corrected chi connectivity index (χ0v) is 73.3. The zero-order valence-electron chi connectivity index (χ0n) is 71.5. The van der Waals surface area contributed by atoms with Gasteiger partial charge in [0.05, 0.1) is 26.4 Å². The first-order valence-corrected chi connectivity index (χ1v) is 49.8.